The Balaban J connectivity index is 1.09. The summed E-state index contributed by atoms with van der Waals surface area (Å²) in [5, 5.41) is 0. The van der Waals surface area contributed by atoms with Crippen LogP contribution in [0.1, 0.15) is 69.5 Å². The summed E-state index contributed by atoms with van der Waals surface area (Å²) in [5.74, 6) is 0. The first-order valence-corrected chi connectivity index (χ1v) is 23.3. The van der Waals surface area contributed by atoms with Gasteiger partial charge in [0.15, 0.2) is 0 Å². The molecule has 10 aromatic carbocycles. The zero-order valence-corrected chi connectivity index (χ0v) is 37.0. The smallest absolute Gasteiger partial charge is 0.0720 e. The lowest BCUT2D eigenvalue weighted by Gasteiger charge is -2.49. The summed E-state index contributed by atoms with van der Waals surface area (Å²) in [7, 11) is 0. The van der Waals surface area contributed by atoms with E-state index in [1.165, 1.54) is 100 Å². The van der Waals surface area contributed by atoms with Crippen LogP contribution in [0.15, 0.2) is 237 Å². The molecular weight excluding hydrogens is 795 g/mol. The Morgan fingerprint density at radius 1 is 0.242 bits per heavy atom. The zero-order chi connectivity index (χ0) is 43.8. The average Bonchev–Trinajstić information content (AvgIpc) is 3.93. The van der Waals surface area contributed by atoms with Crippen molar-refractivity contribution in [2.45, 2.75) is 30.1 Å². The van der Waals surface area contributed by atoms with Crippen molar-refractivity contribution in [1.82, 2.24) is 0 Å². The molecule has 14 rings (SSSR count). The van der Waals surface area contributed by atoms with Gasteiger partial charge in [0.25, 0.3) is 0 Å². The molecule has 0 atom stereocenters. The Morgan fingerprint density at radius 3 is 1.09 bits per heavy atom. The zero-order valence-electron chi connectivity index (χ0n) is 37.0. The van der Waals surface area contributed by atoms with Gasteiger partial charge in [-0.3, -0.25) is 0 Å². The molecule has 0 aliphatic heterocycles. The van der Waals surface area contributed by atoms with Crippen LogP contribution in [0.2, 0.25) is 0 Å². The van der Waals surface area contributed by atoms with Crippen molar-refractivity contribution in [3.05, 3.63) is 292 Å². The lowest BCUT2D eigenvalue weighted by Crippen LogP contribution is -2.43. The van der Waals surface area contributed by atoms with Gasteiger partial charge in [-0.05, 0) is 137 Å². The van der Waals surface area contributed by atoms with Gasteiger partial charge in [-0.2, -0.15) is 0 Å². The van der Waals surface area contributed by atoms with Crippen molar-refractivity contribution in [1.29, 1.82) is 0 Å². The van der Waals surface area contributed by atoms with Crippen LogP contribution in [-0.2, 0) is 16.2 Å². The fourth-order valence-corrected chi connectivity index (χ4v) is 13.1. The van der Waals surface area contributed by atoms with Crippen LogP contribution in [0.5, 0.6) is 0 Å². The SMILES string of the molecule is CC1(C)c2ccccc2-c2ccc(N(c3ccc(-c4ccccc4)cc3)c3ccc4c(c3)C3(c5ccccc5-c5ccccc53)c3ccccc3C43c4ccccc4-c4ccccc43)cc21. The Bertz CT molecular complexity index is 3540. The van der Waals surface area contributed by atoms with E-state index in [9.17, 15) is 0 Å². The summed E-state index contributed by atoms with van der Waals surface area (Å²) >= 11 is 0. The summed E-state index contributed by atoms with van der Waals surface area (Å²) in [6.07, 6.45) is 0. The van der Waals surface area contributed by atoms with Crippen molar-refractivity contribution in [3.63, 3.8) is 0 Å². The van der Waals surface area contributed by atoms with E-state index in [1.807, 2.05) is 0 Å². The van der Waals surface area contributed by atoms with Crippen LogP contribution in [0.25, 0.3) is 44.5 Å². The molecule has 10 aromatic rings. The monoisotopic (exact) mass is 839 g/mol. The molecule has 1 heteroatoms. The largest absolute Gasteiger partial charge is 0.310 e. The van der Waals surface area contributed by atoms with Gasteiger partial charge in [-0.15, -0.1) is 0 Å². The van der Waals surface area contributed by atoms with Gasteiger partial charge in [0, 0.05) is 22.5 Å². The Labute approximate surface area is 387 Å². The number of anilines is 3. The lowest BCUT2D eigenvalue weighted by atomic mass is 9.52. The molecule has 0 saturated heterocycles. The van der Waals surface area contributed by atoms with Crippen LogP contribution >= 0.6 is 0 Å². The van der Waals surface area contributed by atoms with Crippen molar-refractivity contribution < 1.29 is 0 Å². The molecule has 2 spiro atoms. The van der Waals surface area contributed by atoms with Gasteiger partial charge < -0.3 is 4.90 Å². The summed E-state index contributed by atoms with van der Waals surface area (Å²) in [4.78, 5) is 2.51. The van der Waals surface area contributed by atoms with Crippen LogP contribution in [-0.4, -0.2) is 0 Å². The van der Waals surface area contributed by atoms with Crippen molar-refractivity contribution in [2.24, 2.45) is 0 Å². The first-order chi connectivity index (χ1) is 32.5. The number of rotatable bonds is 4. The third-order valence-electron chi connectivity index (χ3n) is 15.8. The van der Waals surface area contributed by atoms with Gasteiger partial charge in [0.2, 0.25) is 0 Å². The van der Waals surface area contributed by atoms with E-state index in [4.69, 9.17) is 0 Å². The topological polar surface area (TPSA) is 3.24 Å². The second kappa shape index (κ2) is 13.5. The fourth-order valence-electron chi connectivity index (χ4n) is 13.1. The average molecular weight is 840 g/mol. The van der Waals surface area contributed by atoms with Gasteiger partial charge in [-0.25, -0.2) is 0 Å². The molecule has 4 aliphatic rings. The molecule has 1 nitrogen and oxygen atoms in total. The molecule has 0 amide bonds. The maximum Gasteiger partial charge on any atom is 0.0720 e. The number of nitrogens with zero attached hydrogens (tertiary/aromatic N) is 1. The van der Waals surface area contributed by atoms with Crippen LogP contribution in [0, 0.1) is 0 Å². The molecule has 0 radical (unpaired) electrons. The van der Waals surface area contributed by atoms with E-state index < -0.39 is 10.8 Å². The van der Waals surface area contributed by atoms with Gasteiger partial charge in [-0.1, -0.05) is 214 Å². The summed E-state index contributed by atoms with van der Waals surface area (Å²) in [6.45, 7) is 4.76. The molecule has 66 heavy (non-hydrogen) atoms. The standard InChI is InChI=1S/C65H45N/c1-63(2)53-25-11-6-20-47(53)52-38-36-45(40-61(52)63)66(44-34-32-43(33-35-44)42-18-4-3-5-19-42)46-37-39-60-62(41-46)65(56-28-14-9-23-50(56)51-24-10-15-29-57(51)65)59-31-17-16-30-58(59)64(60)54-26-12-7-21-48(54)49-22-8-13-27-55(49)64/h3-41H,1-2H3. The molecule has 0 heterocycles. The normalized spacial score (nSPS) is 15.2. The highest BCUT2D eigenvalue weighted by Gasteiger charge is 2.59. The van der Waals surface area contributed by atoms with Gasteiger partial charge in [0.1, 0.15) is 0 Å². The third kappa shape index (κ3) is 4.69. The predicted molar refractivity (Wildman–Crippen MR) is 272 cm³/mol. The number of benzene rings is 10. The summed E-state index contributed by atoms with van der Waals surface area (Å²) in [6, 6.07) is 89.6. The van der Waals surface area contributed by atoms with Crippen LogP contribution in [0.4, 0.5) is 17.1 Å². The van der Waals surface area contributed by atoms with Crippen molar-refractivity contribution >= 4 is 17.1 Å². The number of fused-ring (bicyclic) bond motifs is 19. The van der Waals surface area contributed by atoms with Gasteiger partial charge in [0.05, 0.1) is 10.8 Å². The first kappa shape index (κ1) is 37.4. The lowest BCUT2D eigenvalue weighted by molar-refractivity contribution is 0.633. The van der Waals surface area contributed by atoms with E-state index in [1.54, 1.807) is 0 Å². The van der Waals surface area contributed by atoms with Crippen molar-refractivity contribution in [2.75, 3.05) is 4.90 Å². The Kier molecular flexibility index (Phi) is 7.66. The summed E-state index contributed by atoms with van der Waals surface area (Å²) in [5.41, 5.74) is 25.8. The predicted octanol–water partition coefficient (Wildman–Crippen LogP) is 16.2. The van der Waals surface area contributed by atoms with E-state index in [0.29, 0.717) is 0 Å². The van der Waals surface area contributed by atoms with Crippen molar-refractivity contribution in [3.8, 4) is 44.5 Å². The maximum absolute atomic E-state index is 2.58. The van der Waals surface area contributed by atoms with E-state index in [-0.39, 0.29) is 5.41 Å². The second-order valence-corrected chi connectivity index (χ2v) is 19.1. The molecule has 310 valence electrons. The molecule has 4 aliphatic carbocycles. The molecule has 0 unspecified atom stereocenters. The van der Waals surface area contributed by atoms with Crippen LogP contribution in [0.3, 0.4) is 0 Å². The van der Waals surface area contributed by atoms with E-state index in [2.05, 4.69) is 255 Å². The minimum absolute atomic E-state index is 0.151. The maximum atomic E-state index is 2.58. The Morgan fingerprint density at radius 2 is 0.576 bits per heavy atom. The molecular formula is C65H45N. The van der Waals surface area contributed by atoms with E-state index in [0.717, 1.165) is 17.1 Å². The van der Waals surface area contributed by atoms with Gasteiger partial charge >= 0.3 is 0 Å². The first-order valence-electron chi connectivity index (χ1n) is 23.3. The molecule has 0 N–H and O–H groups in total. The highest BCUT2D eigenvalue weighted by molar-refractivity contribution is 5.95. The highest BCUT2D eigenvalue weighted by Crippen LogP contribution is 2.68. The second-order valence-electron chi connectivity index (χ2n) is 19.1. The van der Waals surface area contributed by atoms with E-state index >= 15 is 0 Å². The minimum atomic E-state index is -0.586. The molecule has 0 aromatic heterocycles. The molecule has 0 bridgehead atoms. The molecule has 0 saturated carbocycles. The fraction of sp³-hybridized carbons (Fsp3) is 0.0769. The van der Waals surface area contributed by atoms with Crippen LogP contribution < -0.4 is 4.90 Å². The Hall–Kier alpha value is -8.00. The molecule has 0 fully saturated rings. The quantitative estimate of drug-likeness (QED) is 0.171. The number of hydrogen-bond acceptors (Lipinski definition) is 1. The summed E-state index contributed by atoms with van der Waals surface area (Å²) < 4.78 is 0. The minimum Gasteiger partial charge on any atom is -0.310 e. The highest BCUT2D eigenvalue weighted by atomic mass is 15.1. The number of hydrogen-bond donors (Lipinski definition) is 0. The third-order valence-corrected chi connectivity index (χ3v) is 15.8.